The molecule has 1 aliphatic carbocycles. The first-order valence-electron chi connectivity index (χ1n) is 9.54. The summed E-state index contributed by atoms with van der Waals surface area (Å²) in [5.41, 5.74) is 3.23. The van der Waals surface area contributed by atoms with E-state index in [2.05, 4.69) is 44.0 Å². The molecule has 6 nitrogen and oxygen atoms in total. The van der Waals surface area contributed by atoms with Crippen molar-refractivity contribution in [3.63, 3.8) is 0 Å². The van der Waals surface area contributed by atoms with E-state index in [-0.39, 0.29) is 0 Å². The van der Waals surface area contributed by atoms with Crippen LogP contribution in [-0.4, -0.2) is 26.8 Å². The first-order chi connectivity index (χ1) is 14.3. The number of benzene rings is 2. The van der Waals surface area contributed by atoms with E-state index in [4.69, 9.17) is 9.26 Å². The van der Waals surface area contributed by atoms with Gasteiger partial charge in [0.05, 0.1) is 24.8 Å². The van der Waals surface area contributed by atoms with Crippen molar-refractivity contribution >= 4 is 11.8 Å². The highest BCUT2D eigenvalue weighted by molar-refractivity contribution is 7.98. The molecule has 0 aliphatic heterocycles. The number of imidazole rings is 1. The SMILES string of the molecule is COc1cccc(-c2noc(CSc3ncc(-c4ccccc4)n3C3CC3)n2)c1. The summed E-state index contributed by atoms with van der Waals surface area (Å²) in [6, 6.07) is 18.6. The fourth-order valence-electron chi connectivity index (χ4n) is 3.28. The maximum absolute atomic E-state index is 5.46. The lowest BCUT2D eigenvalue weighted by molar-refractivity contribution is 0.391. The van der Waals surface area contributed by atoms with Crippen molar-refractivity contribution in [3.8, 4) is 28.4 Å². The standard InChI is InChI=1S/C22H20N4O2S/c1-27-18-9-5-8-16(12-18)21-24-20(28-25-21)14-29-22-23-13-19(26(22)17-10-11-17)15-6-3-2-4-7-15/h2-9,12-13,17H,10-11,14H2,1H3. The van der Waals surface area contributed by atoms with Gasteiger partial charge in [0.2, 0.25) is 11.7 Å². The second-order valence-electron chi connectivity index (χ2n) is 6.93. The van der Waals surface area contributed by atoms with E-state index in [1.807, 2.05) is 36.5 Å². The van der Waals surface area contributed by atoms with Crippen molar-refractivity contribution in [2.24, 2.45) is 0 Å². The molecular formula is C22H20N4O2S. The summed E-state index contributed by atoms with van der Waals surface area (Å²) in [5, 5.41) is 5.11. The molecule has 0 atom stereocenters. The van der Waals surface area contributed by atoms with E-state index in [0.29, 0.717) is 23.5 Å². The third-order valence-corrected chi connectivity index (χ3v) is 5.82. The van der Waals surface area contributed by atoms with Gasteiger partial charge < -0.3 is 13.8 Å². The summed E-state index contributed by atoms with van der Waals surface area (Å²) < 4.78 is 13.1. The zero-order valence-electron chi connectivity index (χ0n) is 16.0. The molecule has 7 heteroatoms. The van der Waals surface area contributed by atoms with Crippen molar-refractivity contribution < 1.29 is 9.26 Å². The number of hydrogen-bond acceptors (Lipinski definition) is 6. The molecule has 2 heterocycles. The molecule has 1 fully saturated rings. The van der Waals surface area contributed by atoms with Crippen molar-refractivity contribution in [3.05, 3.63) is 66.7 Å². The molecule has 2 aromatic heterocycles. The average molecular weight is 404 g/mol. The predicted octanol–water partition coefficient (Wildman–Crippen LogP) is 5.24. The molecule has 0 unspecified atom stereocenters. The van der Waals surface area contributed by atoms with Gasteiger partial charge in [-0.3, -0.25) is 0 Å². The molecule has 0 N–H and O–H groups in total. The van der Waals surface area contributed by atoms with Crippen molar-refractivity contribution in [2.45, 2.75) is 29.8 Å². The Balaban J connectivity index is 1.35. The number of thioether (sulfide) groups is 1. The maximum Gasteiger partial charge on any atom is 0.237 e. The molecule has 0 spiro atoms. The van der Waals surface area contributed by atoms with E-state index < -0.39 is 0 Å². The van der Waals surface area contributed by atoms with Crippen LogP contribution in [0.3, 0.4) is 0 Å². The lowest BCUT2D eigenvalue weighted by Gasteiger charge is -2.10. The van der Waals surface area contributed by atoms with Gasteiger partial charge in [0, 0.05) is 11.6 Å². The molecule has 5 rings (SSSR count). The molecule has 0 bridgehead atoms. The highest BCUT2D eigenvalue weighted by Crippen LogP contribution is 2.42. The van der Waals surface area contributed by atoms with Crippen LogP contribution in [0.1, 0.15) is 24.8 Å². The van der Waals surface area contributed by atoms with Crippen molar-refractivity contribution in [2.75, 3.05) is 7.11 Å². The summed E-state index contributed by atoms with van der Waals surface area (Å²) in [5.74, 6) is 2.49. The molecule has 1 saturated carbocycles. The lowest BCUT2D eigenvalue weighted by Crippen LogP contribution is -1.99. The fourth-order valence-corrected chi connectivity index (χ4v) is 4.16. The van der Waals surface area contributed by atoms with Gasteiger partial charge in [-0.15, -0.1) is 0 Å². The van der Waals surface area contributed by atoms with Crippen LogP contribution in [0.2, 0.25) is 0 Å². The summed E-state index contributed by atoms with van der Waals surface area (Å²) >= 11 is 1.63. The fraction of sp³-hybridized carbons (Fsp3) is 0.227. The summed E-state index contributed by atoms with van der Waals surface area (Å²) in [4.78, 5) is 9.21. The molecular weight excluding hydrogens is 384 g/mol. The van der Waals surface area contributed by atoms with Gasteiger partial charge in [0.15, 0.2) is 5.16 Å². The van der Waals surface area contributed by atoms with E-state index in [9.17, 15) is 0 Å². The normalized spacial score (nSPS) is 13.6. The number of aromatic nitrogens is 4. The quantitative estimate of drug-likeness (QED) is 0.393. The first-order valence-corrected chi connectivity index (χ1v) is 10.5. The molecule has 1 aliphatic rings. The molecule has 0 saturated heterocycles. The van der Waals surface area contributed by atoms with Crippen molar-refractivity contribution in [1.29, 1.82) is 0 Å². The second-order valence-corrected chi connectivity index (χ2v) is 7.87. The summed E-state index contributed by atoms with van der Waals surface area (Å²) in [6.45, 7) is 0. The van der Waals surface area contributed by atoms with Gasteiger partial charge in [0.1, 0.15) is 5.75 Å². The number of hydrogen-bond donors (Lipinski definition) is 0. The smallest absolute Gasteiger partial charge is 0.237 e. The van der Waals surface area contributed by atoms with Crippen LogP contribution in [0.5, 0.6) is 5.75 Å². The third kappa shape index (κ3) is 3.78. The Morgan fingerprint density at radius 2 is 1.93 bits per heavy atom. The number of nitrogens with zero attached hydrogens (tertiary/aromatic N) is 4. The van der Waals surface area contributed by atoms with Crippen LogP contribution in [0.25, 0.3) is 22.6 Å². The van der Waals surface area contributed by atoms with Gasteiger partial charge in [-0.1, -0.05) is 59.4 Å². The van der Waals surface area contributed by atoms with Crippen LogP contribution in [0.15, 0.2) is 70.5 Å². The van der Waals surface area contributed by atoms with Gasteiger partial charge in [0.25, 0.3) is 0 Å². The Morgan fingerprint density at radius 3 is 2.72 bits per heavy atom. The highest BCUT2D eigenvalue weighted by atomic mass is 32.2. The monoisotopic (exact) mass is 404 g/mol. The minimum atomic E-state index is 0.533. The van der Waals surface area contributed by atoms with E-state index in [1.165, 1.54) is 18.4 Å². The Hall–Kier alpha value is -3.06. The topological polar surface area (TPSA) is 66.0 Å². The minimum Gasteiger partial charge on any atom is -0.497 e. The Bertz CT molecular complexity index is 1120. The third-order valence-electron chi connectivity index (χ3n) is 4.87. The minimum absolute atomic E-state index is 0.533. The number of ether oxygens (including phenoxy) is 1. The zero-order chi connectivity index (χ0) is 19.6. The molecule has 0 amide bonds. The van der Waals surface area contributed by atoms with Crippen LogP contribution in [-0.2, 0) is 5.75 Å². The number of rotatable bonds is 7. The van der Waals surface area contributed by atoms with Gasteiger partial charge in [-0.05, 0) is 30.5 Å². The second kappa shape index (κ2) is 7.75. The molecule has 29 heavy (non-hydrogen) atoms. The Kier molecular flexibility index (Phi) is 4.81. The van der Waals surface area contributed by atoms with Gasteiger partial charge in [-0.2, -0.15) is 4.98 Å². The molecule has 2 aromatic carbocycles. The van der Waals surface area contributed by atoms with Gasteiger partial charge >= 0.3 is 0 Å². The first kappa shape index (κ1) is 18.0. The zero-order valence-corrected chi connectivity index (χ0v) is 16.8. The predicted molar refractivity (Wildman–Crippen MR) is 112 cm³/mol. The summed E-state index contributed by atoms with van der Waals surface area (Å²) in [6.07, 6.45) is 4.36. The van der Waals surface area contributed by atoms with E-state index in [1.54, 1.807) is 18.9 Å². The van der Waals surface area contributed by atoms with Crippen LogP contribution in [0, 0.1) is 0 Å². The van der Waals surface area contributed by atoms with E-state index in [0.717, 1.165) is 22.2 Å². The highest BCUT2D eigenvalue weighted by Gasteiger charge is 2.29. The largest absolute Gasteiger partial charge is 0.497 e. The molecule has 0 radical (unpaired) electrons. The Morgan fingerprint density at radius 1 is 1.10 bits per heavy atom. The van der Waals surface area contributed by atoms with E-state index >= 15 is 0 Å². The average Bonchev–Trinajstić information content (AvgIpc) is 3.34. The van der Waals surface area contributed by atoms with Crippen LogP contribution < -0.4 is 4.74 Å². The van der Waals surface area contributed by atoms with Crippen LogP contribution >= 0.6 is 11.8 Å². The number of methoxy groups -OCH3 is 1. The maximum atomic E-state index is 5.46. The van der Waals surface area contributed by atoms with Crippen molar-refractivity contribution in [1.82, 2.24) is 19.7 Å². The van der Waals surface area contributed by atoms with Gasteiger partial charge in [-0.25, -0.2) is 4.98 Å². The summed E-state index contributed by atoms with van der Waals surface area (Å²) in [7, 11) is 1.64. The molecule has 4 aromatic rings. The Labute approximate surface area is 172 Å². The van der Waals surface area contributed by atoms with Crippen LogP contribution in [0.4, 0.5) is 0 Å². The lowest BCUT2D eigenvalue weighted by atomic mass is 10.2. The molecule has 146 valence electrons.